The lowest BCUT2D eigenvalue weighted by atomic mass is 10.2. The van der Waals surface area contributed by atoms with E-state index in [-0.39, 0.29) is 11.0 Å². The Kier molecular flexibility index (Phi) is 4.15. The summed E-state index contributed by atoms with van der Waals surface area (Å²) >= 11 is 0. The number of nitrogens with zero attached hydrogens (tertiary/aromatic N) is 4. The Morgan fingerprint density at radius 2 is 1.68 bits per heavy atom. The van der Waals surface area contributed by atoms with Crippen LogP contribution in [0, 0.1) is 17.5 Å². The first-order valence-corrected chi connectivity index (χ1v) is 7.92. The van der Waals surface area contributed by atoms with Gasteiger partial charge < -0.3 is 0 Å². The van der Waals surface area contributed by atoms with Gasteiger partial charge in [-0.1, -0.05) is 6.07 Å². The van der Waals surface area contributed by atoms with Gasteiger partial charge in [0.15, 0.2) is 5.65 Å². The van der Waals surface area contributed by atoms with Gasteiger partial charge in [-0.05, 0) is 36.4 Å². The maximum atomic E-state index is 13.7. The van der Waals surface area contributed by atoms with E-state index in [1.165, 1.54) is 35.1 Å². The van der Waals surface area contributed by atoms with Crippen LogP contribution in [0.15, 0.2) is 59.8 Å². The summed E-state index contributed by atoms with van der Waals surface area (Å²) in [6.07, 6.45) is 2.21. The third kappa shape index (κ3) is 2.90. The topological polar surface area (TPSA) is 81.8 Å². The maximum Gasteiger partial charge on any atom is 0.283 e. The third-order valence-electron chi connectivity index (χ3n) is 3.97. The van der Waals surface area contributed by atoms with E-state index in [0.29, 0.717) is 10.4 Å². The van der Waals surface area contributed by atoms with E-state index < -0.39 is 34.5 Å². The van der Waals surface area contributed by atoms with Crippen molar-refractivity contribution in [3.05, 3.63) is 88.4 Å². The van der Waals surface area contributed by atoms with E-state index in [2.05, 4.69) is 15.5 Å². The predicted octanol–water partition coefficient (Wildman–Crippen LogP) is 2.38. The minimum atomic E-state index is -1.15. The number of aromatic nitrogens is 4. The van der Waals surface area contributed by atoms with E-state index in [0.717, 1.165) is 24.5 Å². The molecule has 1 N–H and O–H groups in total. The van der Waals surface area contributed by atoms with Crippen molar-refractivity contribution in [1.82, 2.24) is 19.4 Å². The standard InChI is InChI=1S/C18H10F3N5O2/c19-10-4-6-11(7-5-10)26-16-12(8-23-26)18(28)25(9-22-16)24-17(27)15-13(20)2-1-3-14(15)21/h1-9H,(H,24,27). The predicted molar refractivity (Wildman–Crippen MR) is 93.1 cm³/mol. The van der Waals surface area contributed by atoms with Crippen molar-refractivity contribution in [3.8, 4) is 5.69 Å². The average molecular weight is 385 g/mol. The van der Waals surface area contributed by atoms with Crippen LogP contribution in [-0.2, 0) is 0 Å². The Labute approximate surface area is 154 Å². The van der Waals surface area contributed by atoms with Crippen molar-refractivity contribution >= 4 is 16.9 Å². The fraction of sp³-hybridized carbons (Fsp3) is 0. The van der Waals surface area contributed by atoms with E-state index in [4.69, 9.17) is 0 Å². The quantitative estimate of drug-likeness (QED) is 0.587. The van der Waals surface area contributed by atoms with Crippen LogP contribution < -0.4 is 11.0 Å². The number of nitrogens with one attached hydrogen (secondary N) is 1. The highest BCUT2D eigenvalue weighted by Crippen LogP contribution is 2.15. The van der Waals surface area contributed by atoms with Crippen molar-refractivity contribution in [3.63, 3.8) is 0 Å². The van der Waals surface area contributed by atoms with Crippen LogP contribution in [0.4, 0.5) is 13.2 Å². The largest absolute Gasteiger partial charge is 0.283 e. The van der Waals surface area contributed by atoms with Crippen molar-refractivity contribution in [2.45, 2.75) is 0 Å². The second-order valence-electron chi connectivity index (χ2n) is 5.73. The Morgan fingerprint density at radius 1 is 1.00 bits per heavy atom. The summed E-state index contributed by atoms with van der Waals surface area (Å²) in [6.45, 7) is 0. The maximum absolute atomic E-state index is 13.7. The van der Waals surface area contributed by atoms with Gasteiger partial charge in [-0.3, -0.25) is 15.0 Å². The fourth-order valence-electron chi connectivity index (χ4n) is 2.64. The van der Waals surface area contributed by atoms with Crippen LogP contribution in [0.5, 0.6) is 0 Å². The SMILES string of the molecule is O=C(Nn1cnc2c(cnn2-c2ccc(F)cc2)c1=O)c1c(F)cccc1F. The number of rotatable bonds is 3. The zero-order valence-electron chi connectivity index (χ0n) is 13.9. The first-order chi connectivity index (χ1) is 13.5. The molecule has 0 fully saturated rings. The van der Waals surface area contributed by atoms with Crippen LogP contribution >= 0.6 is 0 Å². The highest BCUT2D eigenvalue weighted by atomic mass is 19.1. The molecule has 4 rings (SSSR count). The molecule has 2 heterocycles. The summed E-state index contributed by atoms with van der Waals surface area (Å²) in [6, 6.07) is 8.34. The minimum Gasteiger partial charge on any atom is -0.267 e. The Hall–Kier alpha value is -3.95. The lowest BCUT2D eigenvalue weighted by molar-refractivity contribution is 0.0999. The Balaban J connectivity index is 1.72. The Bertz CT molecular complexity index is 1240. The van der Waals surface area contributed by atoms with Crippen LogP contribution in [0.2, 0.25) is 0 Å². The van der Waals surface area contributed by atoms with Gasteiger partial charge in [-0.25, -0.2) is 27.5 Å². The van der Waals surface area contributed by atoms with Crippen LogP contribution in [-0.4, -0.2) is 25.3 Å². The van der Waals surface area contributed by atoms with Crippen molar-refractivity contribution in [2.24, 2.45) is 0 Å². The summed E-state index contributed by atoms with van der Waals surface area (Å²) in [5, 5.41) is 4.09. The average Bonchev–Trinajstić information content (AvgIpc) is 3.09. The minimum absolute atomic E-state index is 0.0427. The monoisotopic (exact) mass is 385 g/mol. The number of fused-ring (bicyclic) bond motifs is 1. The molecule has 4 aromatic rings. The summed E-state index contributed by atoms with van der Waals surface area (Å²) in [5.74, 6) is -3.71. The molecule has 10 heteroatoms. The first kappa shape index (κ1) is 17.5. The summed E-state index contributed by atoms with van der Waals surface area (Å²) in [7, 11) is 0. The van der Waals surface area contributed by atoms with E-state index >= 15 is 0 Å². The molecular formula is C18H10F3N5O2. The molecule has 0 unspecified atom stereocenters. The van der Waals surface area contributed by atoms with Crippen molar-refractivity contribution in [1.29, 1.82) is 0 Å². The van der Waals surface area contributed by atoms with Crippen LogP contribution in [0.3, 0.4) is 0 Å². The molecule has 2 aromatic carbocycles. The van der Waals surface area contributed by atoms with Gasteiger partial charge in [-0.2, -0.15) is 5.10 Å². The molecule has 0 atom stereocenters. The second-order valence-corrected chi connectivity index (χ2v) is 5.73. The van der Waals surface area contributed by atoms with Crippen molar-refractivity contribution < 1.29 is 18.0 Å². The third-order valence-corrected chi connectivity index (χ3v) is 3.97. The number of amides is 1. The molecule has 0 radical (unpaired) electrons. The lowest BCUT2D eigenvalue weighted by Crippen LogP contribution is -2.34. The zero-order chi connectivity index (χ0) is 19.8. The summed E-state index contributed by atoms with van der Waals surface area (Å²) < 4.78 is 42.6. The van der Waals surface area contributed by atoms with Gasteiger partial charge in [0, 0.05) is 0 Å². The fourth-order valence-corrected chi connectivity index (χ4v) is 2.64. The highest BCUT2D eigenvalue weighted by Gasteiger charge is 2.19. The van der Waals surface area contributed by atoms with Crippen LogP contribution in [0.25, 0.3) is 16.7 Å². The molecule has 0 aliphatic carbocycles. The molecule has 0 bridgehead atoms. The van der Waals surface area contributed by atoms with Gasteiger partial charge in [0.2, 0.25) is 0 Å². The van der Waals surface area contributed by atoms with E-state index in [9.17, 15) is 22.8 Å². The van der Waals surface area contributed by atoms with Gasteiger partial charge in [0.1, 0.15) is 34.7 Å². The number of hydrogen-bond donors (Lipinski definition) is 1. The molecule has 0 aliphatic heterocycles. The molecular weight excluding hydrogens is 375 g/mol. The first-order valence-electron chi connectivity index (χ1n) is 7.92. The summed E-state index contributed by atoms with van der Waals surface area (Å²) in [5.41, 5.74) is 1.20. The number of halogens is 3. The second kappa shape index (κ2) is 6.65. The van der Waals surface area contributed by atoms with Crippen molar-refractivity contribution in [2.75, 3.05) is 5.43 Å². The zero-order valence-corrected chi connectivity index (χ0v) is 13.9. The number of carbonyl (C=O) groups is 1. The van der Waals surface area contributed by atoms with Gasteiger partial charge in [-0.15, -0.1) is 0 Å². The molecule has 140 valence electrons. The Morgan fingerprint density at radius 3 is 2.36 bits per heavy atom. The summed E-state index contributed by atoms with van der Waals surface area (Å²) in [4.78, 5) is 28.8. The highest BCUT2D eigenvalue weighted by molar-refractivity contribution is 6.00. The van der Waals surface area contributed by atoms with E-state index in [1.54, 1.807) is 0 Å². The molecule has 0 spiro atoms. The number of hydrogen-bond acceptors (Lipinski definition) is 4. The molecule has 7 nitrogen and oxygen atoms in total. The lowest BCUT2D eigenvalue weighted by Gasteiger charge is -2.09. The van der Waals surface area contributed by atoms with Crippen LogP contribution in [0.1, 0.15) is 10.4 Å². The molecule has 2 aromatic heterocycles. The normalized spacial score (nSPS) is 11.0. The number of carbonyl (C=O) groups excluding carboxylic acids is 1. The van der Waals surface area contributed by atoms with Gasteiger partial charge in [0.25, 0.3) is 11.5 Å². The number of benzene rings is 2. The molecule has 0 saturated heterocycles. The molecule has 0 aliphatic rings. The van der Waals surface area contributed by atoms with Gasteiger partial charge in [0.05, 0.1) is 11.9 Å². The van der Waals surface area contributed by atoms with Gasteiger partial charge >= 0.3 is 0 Å². The molecule has 0 saturated carbocycles. The molecule has 1 amide bonds. The smallest absolute Gasteiger partial charge is 0.267 e. The molecule has 28 heavy (non-hydrogen) atoms. The van der Waals surface area contributed by atoms with E-state index in [1.807, 2.05) is 0 Å².